The van der Waals surface area contributed by atoms with Crippen LogP contribution in [0.25, 0.3) is 0 Å². The third-order valence-electron chi connectivity index (χ3n) is 4.31. The van der Waals surface area contributed by atoms with Gasteiger partial charge in [-0.1, -0.05) is 29.3 Å². The van der Waals surface area contributed by atoms with Crippen LogP contribution < -0.4 is 5.32 Å². The van der Waals surface area contributed by atoms with Gasteiger partial charge in [0.25, 0.3) is 0 Å². The van der Waals surface area contributed by atoms with Gasteiger partial charge in [-0.15, -0.1) is 11.3 Å². The Morgan fingerprint density at radius 1 is 1.16 bits per heavy atom. The Labute approximate surface area is 159 Å². The number of carbonyl (C=O) groups is 1. The lowest BCUT2D eigenvalue weighted by molar-refractivity contribution is 0.182. The van der Waals surface area contributed by atoms with E-state index in [0.29, 0.717) is 16.6 Å². The van der Waals surface area contributed by atoms with Crippen LogP contribution in [-0.2, 0) is 6.54 Å². The van der Waals surface area contributed by atoms with E-state index >= 15 is 0 Å². The number of urea groups is 1. The molecular formula is C18H15Cl2N3OS. The Hall–Kier alpha value is -1.95. The molecule has 0 bridgehead atoms. The number of thiophene rings is 1. The molecule has 1 aliphatic rings. The fraction of sp³-hybridized carbons (Fsp3) is 0.167. The Morgan fingerprint density at radius 2 is 2.04 bits per heavy atom. The molecular weight excluding hydrogens is 377 g/mol. The Balaban J connectivity index is 1.73. The van der Waals surface area contributed by atoms with Gasteiger partial charge in [-0.3, -0.25) is 5.32 Å². The zero-order valence-electron chi connectivity index (χ0n) is 13.2. The Bertz CT molecular complexity index is 907. The number of amides is 2. The summed E-state index contributed by atoms with van der Waals surface area (Å²) in [6.07, 6.45) is 2.03. The first kappa shape index (κ1) is 16.5. The van der Waals surface area contributed by atoms with E-state index in [0.717, 1.165) is 22.8 Å². The van der Waals surface area contributed by atoms with Crippen LogP contribution in [0.2, 0.25) is 10.0 Å². The van der Waals surface area contributed by atoms with Crippen molar-refractivity contribution in [3.63, 3.8) is 0 Å². The van der Waals surface area contributed by atoms with E-state index in [9.17, 15) is 4.79 Å². The van der Waals surface area contributed by atoms with Gasteiger partial charge in [0.1, 0.15) is 6.04 Å². The Morgan fingerprint density at radius 3 is 2.80 bits per heavy atom. The molecule has 0 aliphatic carbocycles. The van der Waals surface area contributed by atoms with Crippen molar-refractivity contribution in [2.24, 2.45) is 0 Å². The van der Waals surface area contributed by atoms with Gasteiger partial charge in [0.15, 0.2) is 0 Å². The van der Waals surface area contributed by atoms with Gasteiger partial charge in [0, 0.05) is 35.0 Å². The van der Waals surface area contributed by atoms with Crippen molar-refractivity contribution in [2.45, 2.75) is 12.6 Å². The first-order valence-electron chi connectivity index (χ1n) is 7.84. The van der Waals surface area contributed by atoms with Crippen LogP contribution in [0.15, 0.2) is 54.0 Å². The standard InChI is InChI=1S/C18H15Cl2N3OS/c19-12-5-6-13(14(20)11-12)17-15-3-1-7-22(15)8-9-23(17)18(24)21-16-4-2-10-25-16/h1-7,10-11,17H,8-9H2,(H,21,24). The maximum atomic E-state index is 12.9. The molecule has 7 heteroatoms. The number of fused-ring (bicyclic) bond motifs is 1. The highest BCUT2D eigenvalue weighted by Crippen LogP contribution is 2.37. The van der Waals surface area contributed by atoms with Gasteiger partial charge >= 0.3 is 6.03 Å². The van der Waals surface area contributed by atoms with Gasteiger partial charge in [0.05, 0.1) is 5.00 Å². The molecule has 3 aromatic rings. The molecule has 3 heterocycles. The highest BCUT2D eigenvalue weighted by Gasteiger charge is 2.33. The number of hydrogen-bond acceptors (Lipinski definition) is 2. The maximum Gasteiger partial charge on any atom is 0.323 e. The highest BCUT2D eigenvalue weighted by molar-refractivity contribution is 7.14. The van der Waals surface area contributed by atoms with Crippen LogP contribution in [0, 0.1) is 0 Å². The topological polar surface area (TPSA) is 37.3 Å². The van der Waals surface area contributed by atoms with Crippen LogP contribution in [0.3, 0.4) is 0 Å². The zero-order chi connectivity index (χ0) is 17.4. The van der Waals surface area contributed by atoms with E-state index in [4.69, 9.17) is 23.2 Å². The SMILES string of the molecule is O=C(Nc1cccs1)N1CCn2cccc2C1c1ccc(Cl)cc1Cl. The average molecular weight is 392 g/mol. The summed E-state index contributed by atoms with van der Waals surface area (Å²) >= 11 is 14.0. The molecule has 1 N–H and O–H groups in total. The van der Waals surface area contributed by atoms with Gasteiger partial charge < -0.3 is 9.47 Å². The summed E-state index contributed by atoms with van der Waals surface area (Å²) in [4.78, 5) is 14.7. The lowest BCUT2D eigenvalue weighted by Gasteiger charge is -2.37. The summed E-state index contributed by atoms with van der Waals surface area (Å²) in [6, 6.07) is 12.8. The van der Waals surface area contributed by atoms with Crippen LogP contribution in [0.4, 0.5) is 9.80 Å². The van der Waals surface area contributed by atoms with E-state index in [1.807, 2.05) is 46.8 Å². The summed E-state index contributed by atoms with van der Waals surface area (Å²) in [6.45, 7) is 1.35. The predicted molar refractivity (Wildman–Crippen MR) is 103 cm³/mol. The molecule has 1 aliphatic heterocycles. The van der Waals surface area contributed by atoms with Gasteiger partial charge in [-0.2, -0.15) is 0 Å². The minimum atomic E-state index is -0.256. The molecule has 4 rings (SSSR count). The van der Waals surface area contributed by atoms with Crippen molar-refractivity contribution in [1.29, 1.82) is 0 Å². The van der Waals surface area contributed by atoms with Gasteiger partial charge in [0.2, 0.25) is 0 Å². The number of aromatic nitrogens is 1. The number of anilines is 1. The summed E-state index contributed by atoms with van der Waals surface area (Å²) in [7, 11) is 0. The summed E-state index contributed by atoms with van der Waals surface area (Å²) < 4.78 is 2.16. The second kappa shape index (κ2) is 6.75. The van der Waals surface area contributed by atoms with Crippen molar-refractivity contribution in [1.82, 2.24) is 9.47 Å². The molecule has 128 valence electrons. The molecule has 1 atom stereocenters. The number of benzene rings is 1. The smallest absolute Gasteiger partial charge is 0.323 e. The van der Waals surface area contributed by atoms with Crippen molar-refractivity contribution < 1.29 is 4.79 Å². The number of rotatable bonds is 2. The third-order valence-corrected chi connectivity index (χ3v) is 5.66. The largest absolute Gasteiger partial charge is 0.348 e. The molecule has 0 saturated carbocycles. The van der Waals surface area contributed by atoms with Crippen LogP contribution in [-0.4, -0.2) is 22.0 Å². The number of nitrogens with zero attached hydrogens (tertiary/aromatic N) is 2. The minimum Gasteiger partial charge on any atom is -0.348 e. The van der Waals surface area contributed by atoms with Crippen LogP contribution in [0.1, 0.15) is 17.3 Å². The molecule has 1 aromatic carbocycles. The van der Waals surface area contributed by atoms with E-state index in [1.165, 1.54) is 11.3 Å². The average Bonchev–Trinajstić information content (AvgIpc) is 3.25. The number of halogens is 2. The molecule has 4 nitrogen and oxygen atoms in total. The zero-order valence-corrected chi connectivity index (χ0v) is 15.5. The van der Waals surface area contributed by atoms with E-state index < -0.39 is 0 Å². The first-order chi connectivity index (χ1) is 12.1. The summed E-state index contributed by atoms with van der Waals surface area (Å²) in [5.74, 6) is 0. The van der Waals surface area contributed by atoms with Crippen molar-refractivity contribution in [3.8, 4) is 0 Å². The molecule has 0 saturated heterocycles. The van der Waals surface area contributed by atoms with E-state index in [1.54, 1.807) is 12.1 Å². The maximum absolute atomic E-state index is 12.9. The fourth-order valence-electron chi connectivity index (χ4n) is 3.18. The predicted octanol–water partition coefficient (Wildman–Crippen LogP) is 5.49. The molecule has 0 radical (unpaired) electrons. The number of carbonyl (C=O) groups excluding carboxylic acids is 1. The third kappa shape index (κ3) is 3.15. The lowest BCUT2D eigenvalue weighted by Crippen LogP contribution is -2.44. The Kier molecular flexibility index (Phi) is 4.46. The first-order valence-corrected chi connectivity index (χ1v) is 9.48. The normalized spacial score (nSPS) is 16.6. The minimum absolute atomic E-state index is 0.133. The van der Waals surface area contributed by atoms with E-state index in [2.05, 4.69) is 9.88 Å². The fourth-order valence-corrected chi connectivity index (χ4v) is 4.30. The van der Waals surface area contributed by atoms with Crippen LogP contribution >= 0.6 is 34.5 Å². The van der Waals surface area contributed by atoms with Crippen LogP contribution in [0.5, 0.6) is 0 Å². The van der Waals surface area contributed by atoms with Crippen molar-refractivity contribution in [2.75, 3.05) is 11.9 Å². The molecule has 2 aromatic heterocycles. The molecule has 0 fully saturated rings. The number of nitrogens with one attached hydrogen (secondary N) is 1. The van der Waals surface area contributed by atoms with Gasteiger partial charge in [-0.25, -0.2) is 4.79 Å². The summed E-state index contributed by atoms with van der Waals surface area (Å²) in [5.41, 5.74) is 1.91. The second-order valence-electron chi connectivity index (χ2n) is 5.80. The van der Waals surface area contributed by atoms with Gasteiger partial charge in [-0.05, 0) is 47.3 Å². The molecule has 2 amide bonds. The quantitative estimate of drug-likeness (QED) is 0.615. The van der Waals surface area contributed by atoms with Crippen molar-refractivity contribution >= 4 is 45.6 Å². The second-order valence-corrected chi connectivity index (χ2v) is 7.59. The van der Waals surface area contributed by atoms with E-state index in [-0.39, 0.29) is 12.1 Å². The lowest BCUT2D eigenvalue weighted by atomic mass is 10.00. The number of hydrogen-bond donors (Lipinski definition) is 1. The monoisotopic (exact) mass is 391 g/mol. The molecule has 25 heavy (non-hydrogen) atoms. The summed E-state index contributed by atoms with van der Waals surface area (Å²) in [5, 5.41) is 6.87. The molecule has 0 spiro atoms. The molecule has 1 unspecified atom stereocenters. The highest BCUT2D eigenvalue weighted by atomic mass is 35.5. The van der Waals surface area contributed by atoms with Crippen molar-refractivity contribution in [3.05, 3.63) is 75.3 Å².